The van der Waals surface area contributed by atoms with Crippen LogP contribution < -0.4 is 10.2 Å². The van der Waals surface area contributed by atoms with E-state index in [2.05, 4.69) is 31.0 Å². The Morgan fingerprint density at radius 3 is 2.42 bits per heavy atom. The maximum atomic E-state index is 13.1. The topological polar surface area (TPSA) is 127 Å². The van der Waals surface area contributed by atoms with Crippen LogP contribution in [0.2, 0.25) is 0 Å². The summed E-state index contributed by atoms with van der Waals surface area (Å²) in [6.07, 6.45) is 0.186. The van der Waals surface area contributed by atoms with Crippen LogP contribution in [0.15, 0.2) is 18.2 Å². The van der Waals surface area contributed by atoms with Crippen molar-refractivity contribution in [2.45, 2.75) is 45.7 Å². The molecule has 3 aliphatic rings. The minimum Gasteiger partial charge on any atom is -0.480 e. The van der Waals surface area contributed by atoms with Crippen molar-refractivity contribution in [3.63, 3.8) is 0 Å². The highest BCUT2D eigenvalue weighted by atomic mass is 16.4. The first-order valence-corrected chi connectivity index (χ1v) is 11.0. The lowest BCUT2D eigenvalue weighted by molar-refractivity contribution is -0.140. The maximum Gasteiger partial charge on any atom is 0.317 e. The average Bonchev–Trinajstić information content (AvgIpc) is 2.97. The number of hydrogen-bond acceptors (Lipinski definition) is 7. The maximum absolute atomic E-state index is 13.1. The van der Waals surface area contributed by atoms with Gasteiger partial charge in [-0.1, -0.05) is 20.8 Å². The molecule has 2 unspecified atom stereocenters. The number of piperidine rings is 1. The number of carbonyl (C=O) groups is 5. The number of rotatable bonds is 4. The van der Waals surface area contributed by atoms with Crippen LogP contribution >= 0.6 is 0 Å². The van der Waals surface area contributed by atoms with Crippen LogP contribution in [0.1, 0.15) is 54.3 Å². The van der Waals surface area contributed by atoms with Gasteiger partial charge < -0.3 is 10.0 Å². The zero-order valence-corrected chi connectivity index (χ0v) is 19.0. The number of benzene rings is 1. The fourth-order valence-electron chi connectivity index (χ4n) is 4.90. The first-order chi connectivity index (χ1) is 15.5. The molecule has 2 N–H and O–H groups in total. The number of carbonyl (C=O) groups excluding carboxylic acids is 4. The molecule has 0 aromatic heterocycles. The molecule has 0 spiro atoms. The van der Waals surface area contributed by atoms with E-state index in [1.54, 1.807) is 18.2 Å². The van der Waals surface area contributed by atoms with Crippen molar-refractivity contribution in [1.82, 2.24) is 15.1 Å². The minimum atomic E-state index is -0.997. The molecule has 1 aromatic carbocycles. The summed E-state index contributed by atoms with van der Waals surface area (Å²) in [5, 5.41) is 11.5. The molecule has 0 bridgehead atoms. The number of amides is 4. The molecular formula is C23H28N4O6. The number of anilines is 1. The first-order valence-electron chi connectivity index (χ1n) is 11.0. The van der Waals surface area contributed by atoms with E-state index in [1.807, 2.05) is 4.90 Å². The second kappa shape index (κ2) is 8.26. The molecule has 10 heteroatoms. The van der Waals surface area contributed by atoms with E-state index >= 15 is 0 Å². The fraction of sp³-hybridized carbons (Fsp3) is 0.522. The van der Waals surface area contributed by atoms with Crippen LogP contribution in [0.4, 0.5) is 5.69 Å². The predicted molar refractivity (Wildman–Crippen MR) is 118 cm³/mol. The molecule has 4 amide bonds. The summed E-state index contributed by atoms with van der Waals surface area (Å²) in [7, 11) is 0. The van der Waals surface area contributed by atoms with E-state index in [4.69, 9.17) is 0 Å². The van der Waals surface area contributed by atoms with Gasteiger partial charge in [-0.2, -0.15) is 0 Å². The van der Waals surface area contributed by atoms with Crippen molar-refractivity contribution in [3.8, 4) is 0 Å². The molecule has 4 rings (SSSR count). The van der Waals surface area contributed by atoms with Gasteiger partial charge in [0.15, 0.2) is 0 Å². The van der Waals surface area contributed by atoms with Crippen molar-refractivity contribution in [2.24, 2.45) is 5.41 Å². The lowest BCUT2D eigenvalue weighted by Crippen LogP contribution is -2.59. The normalized spacial score (nSPS) is 24.2. The molecular weight excluding hydrogens is 428 g/mol. The zero-order chi connectivity index (χ0) is 24.1. The van der Waals surface area contributed by atoms with Gasteiger partial charge in [-0.25, -0.2) is 0 Å². The molecule has 0 aliphatic carbocycles. The number of nitrogens with zero attached hydrogens (tertiary/aromatic N) is 3. The number of fused-ring (bicyclic) bond motifs is 1. The summed E-state index contributed by atoms with van der Waals surface area (Å²) >= 11 is 0. The van der Waals surface area contributed by atoms with Crippen molar-refractivity contribution in [2.75, 3.05) is 31.1 Å². The second-order valence-corrected chi connectivity index (χ2v) is 9.87. The van der Waals surface area contributed by atoms with Crippen LogP contribution in [-0.2, 0) is 14.4 Å². The molecule has 1 aromatic rings. The molecule has 3 aliphatic heterocycles. The minimum absolute atomic E-state index is 0.0205. The summed E-state index contributed by atoms with van der Waals surface area (Å²) in [4.78, 5) is 66.1. The Labute approximate surface area is 191 Å². The van der Waals surface area contributed by atoms with E-state index in [0.717, 1.165) is 10.6 Å². The number of carboxylic acids is 1. The Balaban J connectivity index is 1.58. The van der Waals surface area contributed by atoms with Crippen molar-refractivity contribution < 1.29 is 29.1 Å². The Kier molecular flexibility index (Phi) is 5.73. The molecule has 0 saturated carbocycles. The summed E-state index contributed by atoms with van der Waals surface area (Å²) in [5.41, 5.74) is 1.08. The lowest BCUT2D eigenvalue weighted by Gasteiger charge is -2.47. The molecule has 2 fully saturated rings. The number of piperazine rings is 1. The monoisotopic (exact) mass is 456 g/mol. The highest BCUT2D eigenvalue weighted by Gasteiger charge is 2.45. The van der Waals surface area contributed by atoms with E-state index in [-0.39, 0.29) is 42.0 Å². The third-order valence-corrected chi connectivity index (χ3v) is 6.62. The molecule has 33 heavy (non-hydrogen) atoms. The molecule has 10 nitrogen and oxygen atoms in total. The number of aliphatic carboxylic acids is 1. The van der Waals surface area contributed by atoms with Crippen molar-refractivity contribution >= 4 is 35.3 Å². The zero-order valence-electron chi connectivity index (χ0n) is 19.0. The Morgan fingerprint density at radius 2 is 1.79 bits per heavy atom. The third-order valence-electron chi connectivity index (χ3n) is 6.62. The number of nitrogens with one attached hydrogen (secondary N) is 1. The van der Waals surface area contributed by atoms with Gasteiger partial charge in [0, 0.05) is 37.8 Å². The van der Waals surface area contributed by atoms with E-state index < -0.39 is 35.6 Å². The molecule has 176 valence electrons. The largest absolute Gasteiger partial charge is 0.480 e. The molecule has 0 radical (unpaired) electrons. The quantitative estimate of drug-likeness (QED) is 0.634. The highest BCUT2D eigenvalue weighted by molar-refractivity contribution is 6.23. The molecule has 2 saturated heterocycles. The number of imide groups is 2. The highest BCUT2D eigenvalue weighted by Crippen LogP contribution is 2.33. The fourth-order valence-corrected chi connectivity index (χ4v) is 4.90. The third kappa shape index (κ3) is 4.22. The Bertz CT molecular complexity index is 1050. The molecule has 2 atom stereocenters. The lowest BCUT2D eigenvalue weighted by atomic mass is 9.84. The molecule has 3 heterocycles. The van der Waals surface area contributed by atoms with Gasteiger partial charge in [-0.3, -0.25) is 39.1 Å². The van der Waals surface area contributed by atoms with Gasteiger partial charge in [-0.15, -0.1) is 0 Å². The second-order valence-electron chi connectivity index (χ2n) is 9.87. The van der Waals surface area contributed by atoms with Gasteiger partial charge in [0.1, 0.15) is 6.04 Å². The standard InChI is InChI=1S/C23H28N4O6/c1-23(2,3)17-11-25(8-9-26(17)12-19(29)30)13-4-5-14-15(10-13)22(33)27(21(14)32)16-6-7-18(28)24-20(16)31/h4-5,10,16-17H,6-9,11-12H2,1-3H3,(H,29,30)(H,24,28,31). The van der Waals surface area contributed by atoms with Crippen LogP contribution in [0, 0.1) is 5.41 Å². The van der Waals surface area contributed by atoms with Crippen LogP contribution in [0.5, 0.6) is 0 Å². The number of hydrogen-bond donors (Lipinski definition) is 2. The average molecular weight is 456 g/mol. The van der Waals surface area contributed by atoms with E-state index in [0.29, 0.717) is 19.6 Å². The van der Waals surface area contributed by atoms with Crippen LogP contribution in [0.3, 0.4) is 0 Å². The van der Waals surface area contributed by atoms with Gasteiger partial charge in [-0.05, 0) is 30.0 Å². The Hall–Kier alpha value is -3.27. The van der Waals surface area contributed by atoms with Gasteiger partial charge in [0.25, 0.3) is 11.8 Å². The van der Waals surface area contributed by atoms with Gasteiger partial charge >= 0.3 is 5.97 Å². The first kappa shape index (κ1) is 22.9. The summed E-state index contributed by atoms with van der Waals surface area (Å²) in [6, 6.07) is 4.04. The van der Waals surface area contributed by atoms with Crippen molar-refractivity contribution in [3.05, 3.63) is 29.3 Å². The Morgan fingerprint density at radius 1 is 1.09 bits per heavy atom. The summed E-state index contributed by atoms with van der Waals surface area (Å²) < 4.78 is 0. The van der Waals surface area contributed by atoms with Gasteiger partial charge in [0.2, 0.25) is 11.8 Å². The van der Waals surface area contributed by atoms with E-state index in [9.17, 15) is 29.1 Å². The predicted octanol–water partition coefficient (Wildman–Crippen LogP) is 0.709. The van der Waals surface area contributed by atoms with Gasteiger partial charge in [0.05, 0.1) is 17.7 Å². The van der Waals surface area contributed by atoms with E-state index in [1.165, 1.54) is 0 Å². The smallest absolute Gasteiger partial charge is 0.317 e. The van der Waals surface area contributed by atoms with Crippen LogP contribution in [-0.4, -0.2) is 82.8 Å². The number of carboxylic acid groups (broad SMARTS) is 1. The summed E-state index contributed by atoms with van der Waals surface area (Å²) in [6.45, 7) is 7.89. The summed E-state index contributed by atoms with van der Waals surface area (Å²) in [5.74, 6) is -2.99. The van der Waals surface area contributed by atoms with Crippen molar-refractivity contribution in [1.29, 1.82) is 0 Å². The van der Waals surface area contributed by atoms with Crippen LogP contribution in [0.25, 0.3) is 0 Å². The SMILES string of the molecule is CC(C)(C)C1CN(c2ccc3c(c2)C(=O)N(C2CCC(=O)NC2=O)C3=O)CCN1CC(=O)O.